The molecule has 3 aromatic rings. The van der Waals surface area contributed by atoms with Gasteiger partial charge in [-0.3, -0.25) is 9.48 Å². The first-order valence-electron chi connectivity index (χ1n) is 7.15. The Hall–Kier alpha value is -2.88. The predicted molar refractivity (Wildman–Crippen MR) is 87.5 cm³/mol. The second-order valence-corrected chi connectivity index (χ2v) is 5.17. The highest BCUT2D eigenvalue weighted by Crippen LogP contribution is 2.22. The Kier molecular flexibility index (Phi) is 4.01. The maximum atomic E-state index is 11.1. The minimum absolute atomic E-state index is 0.0723. The first-order chi connectivity index (χ1) is 10.7. The van der Waals surface area contributed by atoms with Gasteiger partial charge in [0.1, 0.15) is 0 Å². The smallest absolute Gasteiger partial charge is 0.221 e. The SMILES string of the molecule is CC(=O)Nc1cccc(-c2cnn(Cc3ccccc3)c2)c1. The molecule has 110 valence electrons. The third-order valence-corrected chi connectivity index (χ3v) is 3.34. The van der Waals surface area contributed by atoms with E-state index in [0.29, 0.717) is 0 Å². The molecule has 3 rings (SSSR count). The average Bonchev–Trinajstić information content (AvgIpc) is 2.96. The zero-order chi connectivity index (χ0) is 15.4. The molecular weight excluding hydrogens is 274 g/mol. The van der Waals surface area contributed by atoms with Crippen LogP contribution in [0.3, 0.4) is 0 Å². The molecule has 0 fully saturated rings. The van der Waals surface area contributed by atoms with Gasteiger partial charge in [-0.05, 0) is 23.3 Å². The molecule has 1 aromatic heterocycles. The van der Waals surface area contributed by atoms with Gasteiger partial charge in [0.05, 0.1) is 12.7 Å². The summed E-state index contributed by atoms with van der Waals surface area (Å²) in [7, 11) is 0. The Labute approximate surface area is 129 Å². The molecule has 1 amide bonds. The molecule has 0 aliphatic rings. The van der Waals surface area contributed by atoms with Gasteiger partial charge >= 0.3 is 0 Å². The van der Waals surface area contributed by atoms with Gasteiger partial charge in [-0.25, -0.2) is 0 Å². The highest BCUT2D eigenvalue weighted by Gasteiger charge is 2.04. The second-order valence-electron chi connectivity index (χ2n) is 5.17. The molecule has 0 radical (unpaired) electrons. The van der Waals surface area contributed by atoms with Gasteiger partial charge in [-0.2, -0.15) is 5.10 Å². The molecule has 0 aliphatic carbocycles. The lowest BCUT2D eigenvalue weighted by atomic mass is 10.1. The fourth-order valence-electron chi connectivity index (χ4n) is 2.35. The van der Waals surface area contributed by atoms with Crippen LogP contribution in [0.2, 0.25) is 0 Å². The highest BCUT2D eigenvalue weighted by molar-refractivity contribution is 5.89. The highest BCUT2D eigenvalue weighted by atomic mass is 16.1. The lowest BCUT2D eigenvalue weighted by Gasteiger charge is -2.04. The van der Waals surface area contributed by atoms with Crippen molar-refractivity contribution < 1.29 is 4.79 Å². The molecule has 2 aromatic carbocycles. The summed E-state index contributed by atoms with van der Waals surface area (Å²) in [5.74, 6) is -0.0723. The van der Waals surface area contributed by atoms with Gasteiger partial charge < -0.3 is 5.32 Å². The summed E-state index contributed by atoms with van der Waals surface area (Å²) in [4.78, 5) is 11.1. The minimum atomic E-state index is -0.0723. The zero-order valence-electron chi connectivity index (χ0n) is 12.4. The molecule has 0 spiro atoms. The summed E-state index contributed by atoms with van der Waals surface area (Å²) in [6.07, 6.45) is 3.86. The van der Waals surface area contributed by atoms with Crippen molar-refractivity contribution in [1.29, 1.82) is 0 Å². The van der Waals surface area contributed by atoms with Crippen LogP contribution in [-0.4, -0.2) is 15.7 Å². The lowest BCUT2D eigenvalue weighted by Crippen LogP contribution is -2.05. The molecule has 0 aliphatic heterocycles. The Balaban J connectivity index is 1.80. The van der Waals surface area contributed by atoms with Gasteiger partial charge in [0.15, 0.2) is 0 Å². The number of hydrogen-bond acceptors (Lipinski definition) is 2. The number of anilines is 1. The van der Waals surface area contributed by atoms with E-state index in [0.717, 1.165) is 23.4 Å². The second kappa shape index (κ2) is 6.26. The summed E-state index contributed by atoms with van der Waals surface area (Å²) < 4.78 is 1.91. The molecule has 4 nitrogen and oxygen atoms in total. The molecule has 0 unspecified atom stereocenters. The van der Waals surface area contributed by atoms with Crippen molar-refractivity contribution in [3.05, 3.63) is 72.6 Å². The largest absolute Gasteiger partial charge is 0.326 e. The molecular formula is C18H17N3O. The summed E-state index contributed by atoms with van der Waals surface area (Å²) in [5, 5.41) is 7.20. The average molecular weight is 291 g/mol. The van der Waals surface area contributed by atoms with Crippen LogP contribution in [0.5, 0.6) is 0 Å². The topological polar surface area (TPSA) is 46.9 Å². The van der Waals surface area contributed by atoms with Crippen molar-refractivity contribution in [2.45, 2.75) is 13.5 Å². The standard InChI is InChI=1S/C18H17N3O/c1-14(22)20-18-9-5-8-16(10-18)17-11-19-21(13-17)12-15-6-3-2-4-7-15/h2-11,13H,12H2,1H3,(H,20,22). The summed E-state index contributed by atoms with van der Waals surface area (Å²) >= 11 is 0. The van der Waals surface area contributed by atoms with Crippen LogP contribution in [0, 0.1) is 0 Å². The number of nitrogens with one attached hydrogen (secondary N) is 1. The summed E-state index contributed by atoms with van der Waals surface area (Å²) in [6.45, 7) is 2.25. The fourth-order valence-corrected chi connectivity index (χ4v) is 2.35. The van der Waals surface area contributed by atoms with Crippen molar-refractivity contribution in [2.24, 2.45) is 0 Å². The van der Waals surface area contributed by atoms with E-state index in [4.69, 9.17) is 0 Å². The van der Waals surface area contributed by atoms with Crippen molar-refractivity contribution in [3.63, 3.8) is 0 Å². The van der Waals surface area contributed by atoms with Crippen LogP contribution in [0.25, 0.3) is 11.1 Å². The minimum Gasteiger partial charge on any atom is -0.326 e. The molecule has 22 heavy (non-hydrogen) atoms. The van der Waals surface area contributed by atoms with Crippen molar-refractivity contribution in [2.75, 3.05) is 5.32 Å². The normalized spacial score (nSPS) is 10.4. The quantitative estimate of drug-likeness (QED) is 0.799. The van der Waals surface area contributed by atoms with Gasteiger partial charge in [0.25, 0.3) is 0 Å². The Morgan fingerprint density at radius 1 is 1.09 bits per heavy atom. The predicted octanol–water partition coefficient (Wildman–Crippen LogP) is 3.56. The van der Waals surface area contributed by atoms with E-state index in [1.165, 1.54) is 12.5 Å². The third-order valence-electron chi connectivity index (χ3n) is 3.34. The molecule has 0 saturated heterocycles. The van der Waals surface area contributed by atoms with Crippen LogP contribution in [0.15, 0.2) is 67.0 Å². The lowest BCUT2D eigenvalue weighted by molar-refractivity contribution is -0.114. The zero-order valence-corrected chi connectivity index (χ0v) is 12.4. The monoisotopic (exact) mass is 291 g/mol. The molecule has 1 N–H and O–H groups in total. The van der Waals surface area contributed by atoms with Crippen LogP contribution in [0.4, 0.5) is 5.69 Å². The summed E-state index contributed by atoms with van der Waals surface area (Å²) in [6, 6.07) is 18.0. The maximum Gasteiger partial charge on any atom is 0.221 e. The number of amides is 1. The van der Waals surface area contributed by atoms with E-state index in [-0.39, 0.29) is 5.91 Å². The first kappa shape index (κ1) is 14.1. The van der Waals surface area contributed by atoms with E-state index >= 15 is 0 Å². The molecule has 0 bridgehead atoms. The number of carbonyl (C=O) groups is 1. The van der Waals surface area contributed by atoms with Crippen molar-refractivity contribution in [1.82, 2.24) is 9.78 Å². The Bertz CT molecular complexity index is 778. The number of rotatable bonds is 4. The number of hydrogen-bond donors (Lipinski definition) is 1. The number of benzene rings is 2. The maximum absolute atomic E-state index is 11.1. The fraction of sp³-hybridized carbons (Fsp3) is 0.111. The van der Waals surface area contributed by atoms with Gasteiger partial charge in [-0.1, -0.05) is 42.5 Å². The Morgan fingerprint density at radius 3 is 2.68 bits per heavy atom. The van der Waals surface area contributed by atoms with E-state index < -0.39 is 0 Å². The van der Waals surface area contributed by atoms with E-state index in [2.05, 4.69) is 22.5 Å². The van der Waals surface area contributed by atoms with Crippen molar-refractivity contribution in [3.8, 4) is 11.1 Å². The van der Waals surface area contributed by atoms with E-state index in [9.17, 15) is 4.79 Å². The number of nitrogens with zero attached hydrogens (tertiary/aromatic N) is 2. The number of carbonyl (C=O) groups excluding carboxylic acids is 1. The molecule has 1 heterocycles. The molecule has 0 saturated carbocycles. The first-order valence-corrected chi connectivity index (χ1v) is 7.15. The molecule has 4 heteroatoms. The third kappa shape index (κ3) is 3.41. The van der Waals surface area contributed by atoms with E-state index in [1.807, 2.05) is 59.5 Å². The molecule has 0 atom stereocenters. The van der Waals surface area contributed by atoms with Gasteiger partial charge in [0.2, 0.25) is 5.91 Å². The van der Waals surface area contributed by atoms with Gasteiger partial charge in [0, 0.05) is 24.4 Å². The summed E-state index contributed by atoms with van der Waals surface area (Å²) in [5.41, 5.74) is 4.07. The Morgan fingerprint density at radius 2 is 1.91 bits per heavy atom. The van der Waals surface area contributed by atoms with Crippen LogP contribution >= 0.6 is 0 Å². The van der Waals surface area contributed by atoms with Gasteiger partial charge in [-0.15, -0.1) is 0 Å². The van der Waals surface area contributed by atoms with Crippen molar-refractivity contribution >= 4 is 11.6 Å². The number of aromatic nitrogens is 2. The van der Waals surface area contributed by atoms with Crippen LogP contribution in [0.1, 0.15) is 12.5 Å². The van der Waals surface area contributed by atoms with Crippen LogP contribution < -0.4 is 5.32 Å². The van der Waals surface area contributed by atoms with E-state index in [1.54, 1.807) is 0 Å². The van der Waals surface area contributed by atoms with Crippen LogP contribution in [-0.2, 0) is 11.3 Å².